The number of thiophene rings is 1. The van der Waals surface area contributed by atoms with Crippen LogP contribution in [0.1, 0.15) is 4.88 Å². The average molecular weight is 238 g/mol. The third kappa shape index (κ3) is 1.61. The first kappa shape index (κ1) is 10.7. The van der Waals surface area contributed by atoms with Crippen molar-refractivity contribution in [3.63, 3.8) is 0 Å². The highest BCUT2D eigenvalue weighted by molar-refractivity contribution is 7.10. The fourth-order valence-corrected chi connectivity index (χ4v) is 3.62. The zero-order chi connectivity index (χ0) is 11.0. The Morgan fingerprint density at radius 2 is 2.44 bits per heavy atom. The predicted molar refractivity (Wildman–Crippen MR) is 66.1 cm³/mol. The fourth-order valence-electron chi connectivity index (χ4n) is 2.67. The fraction of sp³-hybridized carbons (Fsp3) is 0.667. The van der Waals surface area contributed by atoms with Gasteiger partial charge in [0.05, 0.1) is 18.6 Å². The van der Waals surface area contributed by atoms with Crippen molar-refractivity contribution in [2.24, 2.45) is 0 Å². The van der Waals surface area contributed by atoms with E-state index in [4.69, 9.17) is 4.74 Å². The van der Waals surface area contributed by atoms with Crippen molar-refractivity contribution in [1.29, 1.82) is 0 Å². The van der Waals surface area contributed by atoms with E-state index in [9.17, 15) is 0 Å². The van der Waals surface area contributed by atoms with Crippen LogP contribution in [-0.2, 0) is 10.2 Å². The molecule has 2 fully saturated rings. The van der Waals surface area contributed by atoms with Crippen LogP contribution in [0.5, 0.6) is 0 Å². The van der Waals surface area contributed by atoms with Gasteiger partial charge in [0.1, 0.15) is 0 Å². The minimum Gasteiger partial charge on any atom is -0.379 e. The Labute approximate surface area is 100 Å². The number of likely N-dealkylation sites (N-methyl/N-ethyl adjacent to an activating group) is 1. The Bertz CT molecular complexity index is 348. The molecule has 0 aromatic carbocycles. The van der Waals surface area contributed by atoms with Gasteiger partial charge in [0.25, 0.3) is 0 Å². The number of nitrogens with zero attached hydrogens (tertiary/aromatic N) is 1. The number of rotatable bonds is 2. The molecule has 0 spiro atoms. The summed E-state index contributed by atoms with van der Waals surface area (Å²) in [5, 5.41) is 5.83. The van der Waals surface area contributed by atoms with Gasteiger partial charge in [0, 0.05) is 30.6 Å². The van der Waals surface area contributed by atoms with Crippen molar-refractivity contribution in [3.05, 3.63) is 22.4 Å². The highest BCUT2D eigenvalue weighted by Crippen LogP contribution is 2.39. The van der Waals surface area contributed by atoms with Gasteiger partial charge in [0.15, 0.2) is 0 Å². The number of ether oxygens (including phenoxy) is 1. The molecule has 3 rings (SSSR count). The standard InChI is InChI=1S/C12H18N2OS/c1-14-5-4-13-10(7-14)12(8-15-9-12)11-3-2-6-16-11/h2-3,6,10,13H,4-5,7-9H2,1H3. The number of hydrogen-bond donors (Lipinski definition) is 1. The van der Waals surface area contributed by atoms with Crippen LogP contribution in [0.3, 0.4) is 0 Å². The first-order chi connectivity index (χ1) is 7.81. The lowest BCUT2D eigenvalue weighted by atomic mass is 9.76. The normalized spacial score (nSPS) is 29.9. The monoisotopic (exact) mass is 238 g/mol. The third-order valence-electron chi connectivity index (χ3n) is 3.78. The summed E-state index contributed by atoms with van der Waals surface area (Å²) < 4.78 is 5.50. The van der Waals surface area contributed by atoms with Crippen molar-refractivity contribution < 1.29 is 4.74 Å². The van der Waals surface area contributed by atoms with E-state index in [-0.39, 0.29) is 5.41 Å². The van der Waals surface area contributed by atoms with Crippen LogP contribution in [-0.4, -0.2) is 50.8 Å². The molecular weight excluding hydrogens is 220 g/mol. The van der Waals surface area contributed by atoms with Crippen molar-refractivity contribution in [2.45, 2.75) is 11.5 Å². The summed E-state index contributed by atoms with van der Waals surface area (Å²) in [6.07, 6.45) is 0. The summed E-state index contributed by atoms with van der Waals surface area (Å²) in [5.74, 6) is 0. The molecule has 0 saturated carbocycles. The molecule has 1 aromatic heterocycles. The second kappa shape index (κ2) is 4.11. The van der Waals surface area contributed by atoms with Gasteiger partial charge in [-0.15, -0.1) is 11.3 Å². The SMILES string of the molecule is CN1CCNC(C2(c3cccs3)COC2)C1. The molecular formula is C12H18N2OS. The molecule has 2 aliphatic rings. The second-order valence-electron chi connectivity index (χ2n) is 4.90. The molecule has 1 N–H and O–H groups in total. The minimum atomic E-state index is 0.239. The molecule has 1 aromatic rings. The van der Waals surface area contributed by atoms with Gasteiger partial charge in [-0.05, 0) is 18.5 Å². The van der Waals surface area contributed by atoms with Crippen LogP contribution in [0.4, 0.5) is 0 Å². The Morgan fingerprint density at radius 3 is 3.00 bits per heavy atom. The summed E-state index contributed by atoms with van der Waals surface area (Å²) in [6.45, 7) is 5.12. The maximum Gasteiger partial charge on any atom is 0.0679 e. The summed E-state index contributed by atoms with van der Waals surface area (Å²) in [4.78, 5) is 3.89. The van der Waals surface area contributed by atoms with Gasteiger partial charge in [-0.2, -0.15) is 0 Å². The second-order valence-corrected chi connectivity index (χ2v) is 5.84. The van der Waals surface area contributed by atoms with Crippen LogP contribution < -0.4 is 5.32 Å². The van der Waals surface area contributed by atoms with E-state index in [2.05, 4.69) is 34.8 Å². The molecule has 88 valence electrons. The molecule has 4 heteroatoms. The van der Waals surface area contributed by atoms with Gasteiger partial charge in [-0.25, -0.2) is 0 Å². The van der Waals surface area contributed by atoms with E-state index in [1.165, 1.54) is 4.88 Å². The van der Waals surface area contributed by atoms with Crippen molar-refractivity contribution in [3.8, 4) is 0 Å². The molecule has 2 saturated heterocycles. The average Bonchev–Trinajstić information content (AvgIpc) is 2.70. The first-order valence-electron chi connectivity index (χ1n) is 5.85. The lowest BCUT2D eigenvalue weighted by Crippen LogP contribution is -2.66. The lowest BCUT2D eigenvalue weighted by molar-refractivity contribution is -0.0846. The Morgan fingerprint density at radius 1 is 1.56 bits per heavy atom. The van der Waals surface area contributed by atoms with Crippen LogP contribution >= 0.6 is 11.3 Å². The number of piperazine rings is 1. The molecule has 0 aliphatic carbocycles. The molecule has 3 nitrogen and oxygen atoms in total. The quantitative estimate of drug-likeness (QED) is 0.829. The van der Waals surface area contributed by atoms with E-state index in [1.807, 2.05) is 11.3 Å². The number of nitrogens with one attached hydrogen (secondary N) is 1. The Kier molecular flexibility index (Phi) is 2.75. The zero-order valence-corrected chi connectivity index (χ0v) is 10.4. The summed E-state index contributed by atoms with van der Waals surface area (Å²) >= 11 is 1.86. The summed E-state index contributed by atoms with van der Waals surface area (Å²) in [7, 11) is 2.20. The third-order valence-corrected chi connectivity index (χ3v) is 4.87. The van der Waals surface area contributed by atoms with Crippen LogP contribution in [0.25, 0.3) is 0 Å². The van der Waals surface area contributed by atoms with Crippen molar-refractivity contribution in [2.75, 3.05) is 39.9 Å². The minimum absolute atomic E-state index is 0.239. The topological polar surface area (TPSA) is 24.5 Å². The Hall–Kier alpha value is -0.420. The largest absolute Gasteiger partial charge is 0.379 e. The van der Waals surface area contributed by atoms with Gasteiger partial charge >= 0.3 is 0 Å². The van der Waals surface area contributed by atoms with Gasteiger partial charge in [-0.3, -0.25) is 0 Å². The van der Waals surface area contributed by atoms with E-state index >= 15 is 0 Å². The lowest BCUT2D eigenvalue weighted by Gasteiger charge is -2.49. The molecule has 1 atom stereocenters. The zero-order valence-electron chi connectivity index (χ0n) is 9.61. The summed E-state index contributed by atoms with van der Waals surface area (Å²) in [5.41, 5.74) is 0.239. The van der Waals surface area contributed by atoms with E-state index < -0.39 is 0 Å². The van der Waals surface area contributed by atoms with Gasteiger partial charge in [-0.1, -0.05) is 6.07 Å². The highest BCUT2D eigenvalue weighted by atomic mass is 32.1. The maximum atomic E-state index is 5.50. The molecule has 0 amide bonds. The molecule has 0 radical (unpaired) electrons. The first-order valence-corrected chi connectivity index (χ1v) is 6.73. The van der Waals surface area contributed by atoms with Crippen molar-refractivity contribution in [1.82, 2.24) is 10.2 Å². The van der Waals surface area contributed by atoms with Crippen LogP contribution in [0, 0.1) is 0 Å². The Balaban J connectivity index is 1.84. The van der Waals surface area contributed by atoms with E-state index in [1.54, 1.807) is 0 Å². The van der Waals surface area contributed by atoms with Gasteiger partial charge in [0.2, 0.25) is 0 Å². The molecule has 2 aliphatic heterocycles. The maximum absolute atomic E-state index is 5.50. The van der Waals surface area contributed by atoms with Crippen LogP contribution in [0.2, 0.25) is 0 Å². The summed E-state index contributed by atoms with van der Waals surface area (Å²) in [6, 6.07) is 4.94. The van der Waals surface area contributed by atoms with Gasteiger partial charge < -0.3 is 15.0 Å². The molecule has 1 unspecified atom stereocenters. The van der Waals surface area contributed by atoms with E-state index in [0.717, 1.165) is 32.8 Å². The molecule has 16 heavy (non-hydrogen) atoms. The van der Waals surface area contributed by atoms with E-state index in [0.29, 0.717) is 6.04 Å². The predicted octanol–water partition coefficient (Wildman–Crippen LogP) is 0.920. The van der Waals surface area contributed by atoms with Crippen LogP contribution in [0.15, 0.2) is 17.5 Å². The number of hydrogen-bond acceptors (Lipinski definition) is 4. The highest BCUT2D eigenvalue weighted by Gasteiger charge is 2.48. The molecule has 3 heterocycles. The molecule has 0 bridgehead atoms. The van der Waals surface area contributed by atoms with Crippen molar-refractivity contribution >= 4 is 11.3 Å². The smallest absolute Gasteiger partial charge is 0.0679 e.